The second-order valence-corrected chi connectivity index (χ2v) is 10.2. The zero-order valence-electron chi connectivity index (χ0n) is 19.5. The van der Waals surface area contributed by atoms with Crippen molar-refractivity contribution in [2.45, 2.75) is 90.5 Å². The maximum absolute atomic E-state index is 12.8. The van der Waals surface area contributed by atoms with Gasteiger partial charge in [-0.25, -0.2) is 0 Å². The van der Waals surface area contributed by atoms with E-state index in [0.29, 0.717) is 24.8 Å². The zero-order chi connectivity index (χ0) is 22.1. The fraction of sp³-hybridized carbons (Fsp3) is 0.615. The van der Waals surface area contributed by atoms with Crippen LogP contribution in [0.25, 0.3) is 0 Å². The van der Waals surface area contributed by atoms with E-state index in [2.05, 4.69) is 53.8 Å². The van der Waals surface area contributed by atoms with E-state index in [4.69, 9.17) is 0 Å². The van der Waals surface area contributed by atoms with E-state index in [0.717, 1.165) is 34.7 Å². The summed E-state index contributed by atoms with van der Waals surface area (Å²) in [5.74, 6) is 4.26. The third-order valence-electron chi connectivity index (χ3n) is 6.87. The Morgan fingerprint density at radius 1 is 1.23 bits per heavy atom. The Morgan fingerprint density at radius 2 is 1.97 bits per heavy atom. The van der Waals surface area contributed by atoms with E-state index in [1.54, 1.807) is 0 Å². The number of aromatic nitrogens is 3. The average Bonchev–Trinajstić information content (AvgIpc) is 3.43. The van der Waals surface area contributed by atoms with E-state index in [9.17, 15) is 4.79 Å². The van der Waals surface area contributed by atoms with Gasteiger partial charge in [-0.1, -0.05) is 38.5 Å². The summed E-state index contributed by atoms with van der Waals surface area (Å²) < 4.78 is 2.39. The molecule has 1 aromatic carbocycles. The van der Waals surface area contributed by atoms with Gasteiger partial charge in [-0.15, -0.1) is 10.2 Å². The molecule has 1 unspecified atom stereocenters. The Bertz CT molecular complexity index is 921. The summed E-state index contributed by atoms with van der Waals surface area (Å²) in [7, 11) is 0. The largest absolute Gasteiger partial charge is 0.326 e. The SMILES string of the molecule is [CH2]CC(CC(=O)Nc1ccc(C)cc1C)c1nnc(C2CC(CC(C)C)C2)n1C1CC1. The van der Waals surface area contributed by atoms with Crippen molar-refractivity contribution in [2.75, 3.05) is 5.32 Å². The van der Waals surface area contributed by atoms with Crippen LogP contribution in [-0.4, -0.2) is 20.7 Å². The highest BCUT2D eigenvalue weighted by Crippen LogP contribution is 2.48. The van der Waals surface area contributed by atoms with Crippen molar-refractivity contribution in [3.63, 3.8) is 0 Å². The molecule has 2 aliphatic rings. The summed E-state index contributed by atoms with van der Waals surface area (Å²) >= 11 is 0. The van der Waals surface area contributed by atoms with E-state index >= 15 is 0 Å². The number of rotatable bonds is 9. The van der Waals surface area contributed by atoms with E-state index < -0.39 is 0 Å². The van der Waals surface area contributed by atoms with Crippen molar-refractivity contribution >= 4 is 11.6 Å². The molecule has 0 bridgehead atoms. The molecule has 4 rings (SSSR count). The van der Waals surface area contributed by atoms with Crippen molar-refractivity contribution in [1.82, 2.24) is 14.8 Å². The molecular formula is C26H37N4O. The molecule has 0 saturated heterocycles. The fourth-order valence-corrected chi connectivity index (χ4v) is 5.09. The van der Waals surface area contributed by atoms with Crippen LogP contribution in [0.2, 0.25) is 0 Å². The highest BCUT2D eigenvalue weighted by atomic mass is 16.1. The Kier molecular flexibility index (Phi) is 6.49. The summed E-state index contributed by atoms with van der Waals surface area (Å²) in [6, 6.07) is 6.62. The highest BCUT2D eigenvalue weighted by molar-refractivity contribution is 5.92. The molecule has 1 aromatic heterocycles. The van der Waals surface area contributed by atoms with Gasteiger partial charge in [0.2, 0.25) is 5.91 Å². The molecule has 2 fully saturated rings. The number of carbonyl (C=O) groups excluding carboxylic acids is 1. The van der Waals surface area contributed by atoms with E-state index in [-0.39, 0.29) is 11.8 Å². The first kappa shape index (κ1) is 22.0. The molecule has 5 nitrogen and oxygen atoms in total. The summed E-state index contributed by atoms with van der Waals surface area (Å²) in [5, 5.41) is 12.4. The second-order valence-electron chi connectivity index (χ2n) is 10.2. The van der Waals surface area contributed by atoms with Crippen LogP contribution < -0.4 is 5.32 Å². The van der Waals surface area contributed by atoms with Gasteiger partial charge >= 0.3 is 0 Å². The molecule has 2 saturated carbocycles. The number of aryl methyl sites for hydroxylation is 2. The smallest absolute Gasteiger partial charge is 0.225 e. The molecule has 2 aromatic rings. The molecule has 1 radical (unpaired) electrons. The number of amides is 1. The minimum absolute atomic E-state index is 0.000794. The van der Waals surface area contributed by atoms with Crippen molar-refractivity contribution in [2.24, 2.45) is 11.8 Å². The number of anilines is 1. The molecule has 0 spiro atoms. The second kappa shape index (κ2) is 9.13. The van der Waals surface area contributed by atoms with Gasteiger partial charge in [0.1, 0.15) is 11.6 Å². The molecule has 1 N–H and O–H groups in total. The van der Waals surface area contributed by atoms with Crippen LogP contribution in [-0.2, 0) is 4.79 Å². The van der Waals surface area contributed by atoms with Gasteiger partial charge in [0.25, 0.3) is 0 Å². The number of nitrogens with one attached hydrogen (secondary N) is 1. The van der Waals surface area contributed by atoms with Crippen molar-refractivity contribution in [3.05, 3.63) is 47.9 Å². The molecule has 167 valence electrons. The van der Waals surface area contributed by atoms with Gasteiger partial charge < -0.3 is 9.88 Å². The van der Waals surface area contributed by atoms with Crippen LogP contribution in [0.5, 0.6) is 0 Å². The van der Waals surface area contributed by atoms with Crippen LogP contribution in [0.1, 0.15) is 99.4 Å². The number of nitrogens with zero attached hydrogens (tertiary/aromatic N) is 3. The quantitative estimate of drug-likeness (QED) is 0.532. The minimum Gasteiger partial charge on any atom is -0.326 e. The topological polar surface area (TPSA) is 59.8 Å². The van der Waals surface area contributed by atoms with E-state index in [1.165, 1.54) is 37.7 Å². The lowest BCUT2D eigenvalue weighted by molar-refractivity contribution is -0.116. The Morgan fingerprint density at radius 3 is 2.58 bits per heavy atom. The summed E-state index contributed by atoms with van der Waals surface area (Å²) in [5.41, 5.74) is 3.17. The Labute approximate surface area is 187 Å². The Hall–Kier alpha value is -2.17. The molecule has 5 heteroatoms. The van der Waals surface area contributed by atoms with Crippen molar-refractivity contribution in [3.8, 4) is 0 Å². The number of carbonyl (C=O) groups is 1. The van der Waals surface area contributed by atoms with Gasteiger partial charge in [-0.05, 0) is 75.8 Å². The van der Waals surface area contributed by atoms with Crippen LogP contribution in [0, 0.1) is 32.6 Å². The standard InChI is InChI=1S/C26H37N4O/c1-6-20(15-24(31)27-23-10-7-17(4)12-18(23)5)25-28-29-26(30(25)22-8-9-22)21-13-19(14-21)11-16(2)3/h7,10,12,16,19-22H,1,6,8-9,11,13-15H2,2-5H3,(H,27,31). The van der Waals surface area contributed by atoms with Crippen molar-refractivity contribution in [1.29, 1.82) is 0 Å². The lowest BCUT2D eigenvalue weighted by Gasteiger charge is -2.36. The molecule has 1 heterocycles. The first-order valence-corrected chi connectivity index (χ1v) is 12.0. The summed E-state index contributed by atoms with van der Waals surface area (Å²) in [4.78, 5) is 12.8. The third kappa shape index (κ3) is 5.02. The van der Waals surface area contributed by atoms with Crippen LogP contribution >= 0.6 is 0 Å². The number of hydrogen-bond donors (Lipinski definition) is 1. The predicted octanol–water partition coefficient (Wildman–Crippen LogP) is 6.11. The Balaban J connectivity index is 1.46. The number of benzene rings is 1. The fourth-order valence-electron chi connectivity index (χ4n) is 5.09. The monoisotopic (exact) mass is 421 g/mol. The maximum Gasteiger partial charge on any atom is 0.225 e. The third-order valence-corrected chi connectivity index (χ3v) is 6.87. The number of hydrogen-bond acceptors (Lipinski definition) is 3. The molecule has 1 atom stereocenters. The average molecular weight is 422 g/mol. The predicted molar refractivity (Wildman–Crippen MR) is 125 cm³/mol. The first-order valence-electron chi connectivity index (χ1n) is 12.0. The normalized spacial score (nSPS) is 21.7. The lowest BCUT2D eigenvalue weighted by atomic mass is 9.71. The highest BCUT2D eigenvalue weighted by Gasteiger charge is 2.39. The summed E-state index contributed by atoms with van der Waals surface area (Å²) in [6.07, 6.45) is 7.18. The minimum atomic E-state index is -0.000794. The summed E-state index contributed by atoms with van der Waals surface area (Å²) in [6.45, 7) is 12.8. The van der Waals surface area contributed by atoms with Crippen LogP contribution in [0.4, 0.5) is 5.69 Å². The molecule has 31 heavy (non-hydrogen) atoms. The lowest BCUT2D eigenvalue weighted by Crippen LogP contribution is -2.26. The van der Waals surface area contributed by atoms with E-state index in [1.807, 2.05) is 19.1 Å². The van der Waals surface area contributed by atoms with Crippen LogP contribution in [0.3, 0.4) is 0 Å². The zero-order valence-corrected chi connectivity index (χ0v) is 19.5. The first-order chi connectivity index (χ1) is 14.9. The van der Waals surface area contributed by atoms with Gasteiger partial charge in [0, 0.05) is 30.0 Å². The molecule has 1 amide bonds. The maximum atomic E-state index is 12.8. The van der Waals surface area contributed by atoms with Crippen molar-refractivity contribution < 1.29 is 4.79 Å². The molecule has 2 aliphatic carbocycles. The van der Waals surface area contributed by atoms with Gasteiger partial charge in [0.15, 0.2) is 0 Å². The van der Waals surface area contributed by atoms with Crippen LogP contribution in [0.15, 0.2) is 18.2 Å². The van der Waals surface area contributed by atoms with Gasteiger partial charge in [0.05, 0.1) is 0 Å². The van der Waals surface area contributed by atoms with Gasteiger partial charge in [-0.3, -0.25) is 4.79 Å². The molecule has 0 aliphatic heterocycles. The molecular weight excluding hydrogens is 384 g/mol. The van der Waals surface area contributed by atoms with Gasteiger partial charge in [-0.2, -0.15) is 0 Å².